The summed E-state index contributed by atoms with van der Waals surface area (Å²) in [5.41, 5.74) is 8.16. The third-order valence-electron chi connectivity index (χ3n) is 9.02. The maximum atomic E-state index is 14.4. The van der Waals surface area contributed by atoms with Gasteiger partial charge in [-0.2, -0.15) is 0 Å². The van der Waals surface area contributed by atoms with E-state index in [1.54, 1.807) is 4.90 Å². The number of fused-ring (bicyclic) bond motifs is 1. The molecule has 1 heterocycles. The summed E-state index contributed by atoms with van der Waals surface area (Å²) in [4.78, 5) is 53.9. The Kier molecular flexibility index (Phi) is 16.7. The van der Waals surface area contributed by atoms with E-state index in [1.165, 1.54) is 25.7 Å². The molecule has 0 aliphatic rings. The second kappa shape index (κ2) is 21.0. The number of carboxylic acids is 1. The molecule has 0 fully saturated rings. The third kappa shape index (κ3) is 12.5. The smallest absolute Gasteiger partial charge is 0.303 e. The van der Waals surface area contributed by atoms with Gasteiger partial charge in [-0.15, -0.1) is 0 Å². The second-order valence-corrected chi connectivity index (χ2v) is 13.0. The predicted octanol–water partition coefficient (Wildman–Crippen LogP) is 7.45. The lowest BCUT2D eigenvalue weighted by molar-refractivity contribution is -0.139. The second-order valence-electron chi connectivity index (χ2n) is 13.0. The van der Waals surface area contributed by atoms with Crippen molar-refractivity contribution in [2.24, 2.45) is 5.73 Å². The molecule has 3 rings (SSSR count). The van der Waals surface area contributed by atoms with Crippen molar-refractivity contribution in [3.63, 3.8) is 0 Å². The number of carbonyl (C=O) groups is 4. The van der Waals surface area contributed by atoms with E-state index in [0.717, 1.165) is 55.0 Å². The number of unbranched alkanes of at least 4 members (excludes halogenated alkanes) is 8. The summed E-state index contributed by atoms with van der Waals surface area (Å²) >= 11 is 0. The van der Waals surface area contributed by atoms with Crippen LogP contribution in [-0.2, 0) is 20.9 Å². The number of rotatable bonds is 24. The molecule has 9 heteroatoms. The van der Waals surface area contributed by atoms with Crippen LogP contribution >= 0.6 is 0 Å². The number of nitrogens with zero attached hydrogens (tertiary/aromatic N) is 2. The fourth-order valence-corrected chi connectivity index (χ4v) is 6.43. The largest absolute Gasteiger partial charge is 0.481 e. The Hall–Kier alpha value is -4.14. The normalized spacial score (nSPS) is 12.5. The van der Waals surface area contributed by atoms with Crippen molar-refractivity contribution in [1.29, 1.82) is 0 Å². The SMILES string of the molecule is CCCCCCCCC[C@@H](CC(N)=O)N(CCCCC)C(=O)[C@H](CCCC(=O)O)NC(=O)c1cn(Cc2ccccc2)c2ccccc12. The molecule has 4 N–H and O–H groups in total. The molecule has 0 saturated heterocycles. The van der Waals surface area contributed by atoms with Crippen LogP contribution in [0.3, 0.4) is 0 Å². The van der Waals surface area contributed by atoms with Gasteiger partial charge in [-0.3, -0.25) is 19.2 Å². The number of carboxylic acid groups (broad SMARTS) is 1. The highest BCUT2D eigenvalue weighted by Gasteiger charge is 2.32. The van der Waals surface area contributed by atoms with E-state index < -0.39 is 23.8 Å². The van der Waals surface area contributed by atoms with Gasteiger partial charge < -0.3 is 25.6 Å². The van der Waals surface area contributed by atoms with E-state index in [-0.39, 0.29) is 37.6 Å². The zero-order valence-electron chi connectivity index (χ0n) is 29.0. The van der Waals surface area contributed by atoms with Crippen molar-refractivity contribution >= 4 is 34.6 Å². The zero-order chi connectivity index (χ0) is 34.7. The van der Waals surface area contributed by atoms with Crippen LogP contribution < -0.4 is 11.1 Å². The first-order valence-corrected chi connectivity index (χ1v) is 18.0. The van der Waals surface area contributed by atoms with Gasteiger partial charge in [-0.25, -0.2) is 0 Å². The Morgan fingerprint density at radius 2 is 1.46 bits per heavy atom. The maximum Gasteiger partial charge on any atom is 0.303 e. The fourth-order valence-electron chi connectivity index (χ4n) is 6.43. The van der Waals surface area contributed by atoms with Crippen LogP contribution in [-0.4, -0.2) is 56.9 Å². The van der Waals surface area contributed by atoms with Crippen molar-refractivity contribution in [3.8, 4) is 0 Å². The molecule has 0 aliphatic heterocycles. The first-order valence-electron chi connectivity index (χ1n) is 18.0. The number of aliphatic carboxylic acids is 1. The molecule has 0 saturated carbocycles. The van der Waals surface area contributed by atoms with Crippen molar-refractivity contribution in [3.05, 3.63) is 71.9 Å². The Labute approximate surface area is 286 Å². The predicted molar refractivity (Wildman–Crippen MR) is 192 cm³/mol. The van der Waals surface area contributed by atoms with E-state index >= 15 is 0 Å². The number of hydrogen-bond acceptors (Lipinski definition) is 4. The minimum Gasteiger partial charge on any atom is -0.481 e. The molecule has 0 bridgehead atoms. The van der Waals surface area contributed by atoms with Gasteiger partial charge >= 0.3 is 5.97 Å². The van der Waals surface area contributed by atoms with Crippen LogP contribution in [0, 0.1) is 0 Å². The Morgan fingerprint density at radius 3 is 2.15 bits per heavy atom. The van der Waals surface area contributed by atoms with Crippen molar-refractivity contribution in [2.45, 2.75) is 129 Å². The molecule has 262 valence electrons. The van der Waals surface area contributed by atoms with Gasteiger partial charge in [0.15, 0.2) is 0 Å². The van der Waals surface area contributed by atoms with Crippen LogP contribution in [0.25, 0.3) is 10.9 Å². The summed E-state index contributed by atoms with van der Waals surface area (Å²) in [6.07, 6.45) is 13.3. The summed E-state index contributed by atoms with van der Waals surface area (Å²) in [7, 11) is 0. The first kappa shape index (κ1) is 38.3. The van der Waals surface area contributed by atoms with E-state index in [9.17, 15) is 24.3 Å². The average Bonchev–Trinajstić information content (AvgIpc) is 3.43. The number of aromatic nitrogens is 1. The molecule has 3 aromatic rings. The monoisotopic (exact) mass is 660 g/mol. The topological polar surface area (TPSA) is 135 Å². The molecule has 48 heavy (non-hydrogen) atoms. The highest BCUT2D eigenvalue weighted by Crippen LogP contribution is 2.24. The van der Waals surface area contributed by atoms with Gasteiger partial charge in [0.2, 0.25) is 11.8 Å². The summed E-state index contributed by atoms with van der Waals surface area (Å²) in [5, 5.41) is 13.1. The van der Waals surface area contributed by atoms with Crippen LogP contribution in [0.15, 0.2) is 60.8 Å². The lowest BCUT2D eigenvalue weighted by atomic mass is 9.99. The highest BCUT2D eigenvalue weighted by molar-refractivity contribution is 6.08. The van der Waals surface area contributed by atoms with Gasteiger partial charge in [-0.05, 0) is 37.3 Å². The fraction of sp³-hybridized carbons (Fsp3) is 0.538. The number of nitrogens with two attached hydrogens (primary N) is 1. The van der Waals surface area contributed by atoms with E-state index in [0.29, 0.717) is 25.1 Å². The van der Waals surface area contributed by atoms with Crippen LogP contribution in [0.2, 0.25) is 0 Å². The number of benzene rings is 2. The summed E-state index contributed by atoms with van der Waals surface area (Å²) < 4.78 is 2.03. The molecular weight excluding hydrogens is 604 g/mol. The molecule has 2 aromatic carbocycles. The minimum atomic E-state index is -0.957. The van der Waals surface area contributed by atoms with Crippen LogP contribution in [0.5, 0.6) is 0 Å². The minimum absolute atomic E-state index is 0.0520. The van der Waals surface area contributed by atoms with Crippen molar-refractivity contribution in [2.75, 3.05) is 6.54 Å². The molecule has 0 aliphatic carbocycles. The Balaban J connectivity index is 1.88. The van der Waals surface area contributed by atoms with Gasteiger partial charge in [0.05, 0.1) is 5.56 Å². The molecule has 0 radical (unpaired) electrons. The summed E-state index contributed by atoms with van der Waals surface area (Å²) in [6, 6.07) is 16.4. The molecule has 0 unspecified atom stereocenters. The molecule has 2 atom stereocenters. The average molecular weight is 661 g/mol. The number of primary amides is 1. The maximum absolute atomic E-state index is 14.4. The number of hydrogen-bond donors (Lipinski definition) is 3. The molecule has 0 spiro atoms. The molecule has 9 nitrogen and oxygen atoms in total. The third-order valence-corrected chi connectivity index (χ3v) is 9.02. The van der Waals surface area contributed by atoms with E-state index in [4.69, 9.17) is 5.73 Å². The van der Waals surface area contributed by atoms with Gasteiger partial charge in [0.25, 0.3) is 5.91 Å². The number of amides is 3. The Morgan fingerprint density at radius 1 is 0.812 bits per heavy atom. The van der Waals surface area contributed by atoms with Crippen molar-refractivity contribution in [1.82, 2.24) is 14.8 Å². The van der Waals surface area contributed by atoms with Gasteiger partial charge in [-0.1, -0.05) is 120 Å². The summed E-state index contributed by atoms with van der Waals surface area (Å²) in [6.45, 7) is 5.31. The first-order chi connectivity index (χ1) is 23.2. The lowest BCUT2D eigenvalue weighted by Gasteiger charge is -2.35. The zero-order valence-corrected chi connectivity index (χ0v) is 29.0. The molecule has 1 aromatic heterocycles. The number of para-hydroxylation sites is 1. The number of nitrogens with one attached hydrogen (secondary N) is 1. The standard InChI is InChI=1S/C39H56N4O5/c1-3-5-7-8-9-10-14-21-31(27-36(40)44)43(26-17-6-4-2)39(48)34(23-18-25-37(45)46)41-38(47)33-29-42(28-30-19-12-11-13-20-30)35-24-16-15-22-32(33)35/h11-13,15-16,19-20,22,24,29,31,34H,3-10,14,17-18,21,23,25-28H2,1-2H3,(H2,40,44)(H,41,47)(H,45,46)/t31-,34-/m0/s1. The number of carbonyl (C=O) groups excluding carboxylic acids is 3. The van der Waals surface area contributed by atoms with E-state index in [1.807, 2.05) is 65.4 Å². The Bertz CT molecular complexity index is 1440. The van der Waals surface area contributed by atoms with Gasteiger partial charge in [0.1, 0.15) is 6.04 Å². The van der Waals surface area contributed by atoms with Crippen LogP contribution in [0.1, 0.15) is 126 Å². The van der Waals surface area contributed by atoms with Crippen molar-refractivity contribution < 1.29 is 24.3 Å². The molecule has 3 amide bonds. The summed E-state index contributed by atoms with van der Waals surface area (Å²) in [5.74, 6) is -2.10. The van der Waals surface area contributed by atoms with Gasteiger partial charge in [0, 0.05) is 49.1 Å². The quantitative estimate of drug-likeness (QED) is 0.0859. The van der Waals surface area contributed by atoms with Crippen LogP contribution in [0.4, 0.5) is 0 Å². The highest BCUT2D eigenvalue weighted by atomic mass is 16.4. The van der Waals surface area contributed by atoms with E-state index in [2.05, 4.69) is 19.2 Å². The lowest BCUT2D eigenvalue weighted by Crippen LogP contribution is -2.53. The molecular formula is C39H56N4O5.